The minimum absolute atomic E-state index is 0.00523. The van der Waals surface area contributed by atoms with E-state index in [0.29, 0.717) is 12.0 Å². The van der Waals surface area contributed by atoms with Crippen LogP contribution < -0.4 is 9.78 Å². The number of para-hydroxylation sites is 1. The summed E-state index contributed by atoms with van der Waals surface area (Å²) in [6, 6.07) is 26.5. The van der Waals surface area contributed by atoms with Gasteiger partial charge in [0.1, 0.15) is 0 Å². The van der Waals surface area contributed by atoms with Gasteiger partial charge in [-0.25, -0.2) is 0 Å². The molecule has 15 heteroatoms. The Hall–Kier alpha value is -5.28. The molecule has 3 aliphatic rings. The van der Waals surface area contributed by atoms with Gasteiger partial charge in [-0.05, 0) is 6.07 Å². The number of aromatic nitrogens is 1. The van der Waals surface area contributed by atoms with Crippen molar-refractivity contribution in [3.8, 4) is 0 Å². The zero-order chi connectivity index (χ0) is 50.5. The predicted molar refractivity (Wildman–Crippen MR) is 266 cm³/mol. The topological polar surface area (TPSA) is 169 Å². The van der Waals surface area contributed by atoms with E-state index >= 15 is 9.59 Å². The molecule has 1 aromatic heterocycles. The van der Waals surface area contributed by atoms with Crippen LogP contribution in [-0.4, -0.2) is 129 Å². The van der Waals surface area contributed by atoms with E-state index in [9.17, 15) is 14.4 Å². The van der Waals surface area contributed by atoms with Gasteiger partial charge in [0.15, 0.2) is 0 Å². The van der Waals surface area contributed by atoms with Crippen LogP contribution >= 0.6 is 0 Å². The van der Waals surface area contributed by atoms with Gasteiger partial charge in [0, 0.05) is 0 Å². The van der Waals surface area contributed by atoms with Crippen LogP contribution in [0.4, 0.5) is 4.79 Å². The van der Waals surface area contributed by atoms with Crippen LogP contribution in [0.25, 0.3) is 17.0 Å². The van der Waals surface area contributed by atoms with Crippen LogP contribution in [0.3, 0.4) is 0 Å². The fourth-order valence-corrected chi connectivity index (χ4v) is 12.9. The second kappa shape index (κ2) is 22.0. The number of carbonyl (C=O) groups excluding carboxylic acids is 5. The number of Topliss-reactive ketones (excluding diaryl/α,β-unsaturated/α-hetero) is 2. The molecule has 3 aliphatic heterocycles. The van der Waals surface area contributed by atoms with E-state index in [2.05, 4.69) is 10.3 Å². The summed E-state index contributed by atoms with van der Waals surface area (Å²) in [5, 5.41) is 3.83. The van der Waals surface area contributed by atoms with Crippen LogP contribution in [0.5, 0.6) is 0 Å². The van der Waals surface area contributed by atoms with Crippen LogP contribution in [0.2, 0.25) is 4.31 Å². The molecule has 1 amide bonds. The summed E-state index contributed by atoms with van der Waals surface area (Å²) in [4.78, 5) is 79.7. The van der Waals surface area contributed by atoms with Crippen molar-refractivity contribution in [2.24, 2.45) is 17.8 Å². The third kappa shape index (κ3) is 11.3. The first kappa shape index (κ1) is 52.5. The van der Waals surface area contributed by atoms with E-state index in [-0.39, 0.29) is 37.4 Å². The van der Waals surface area contributed by atoms with E-state index < -0.39 is 103 Å². The average molecular weight is 1030 g/mol. The first-order chi connectivity index (χ1) is 33.3. The molecule has 374 valence electrons. The number of pyridine rings is 1. The number of alkyl carbamates (subject to hydrolysis) is 1. The van der Waals surface area contributed by atoms with Crippen molar-refractivity contribution in [2.75, 3.05) is 20.7 Å². The molecule has 3 saturated heterocycles. The molecule has 70 heavy (non-hydrogen) atoms. The number of nitrogens with zero attached hydrogens (tertiary/aromatic N) is 2. The Balaban J connectivity index is 1.37. The molecule has 4 aromatic rings. The van der Waals surface area contributed by atoms with Gasteiger partial charge in [0.05, 0.1) is 5.52 Å². The summed E-state index contributed by atoms with van der Waals surface area (Å²) in [5.41, 5.74) is -0.919. The summed E-state index contributed by atoms with van der Waals surface area (Å²) >= 11 is -0.856. The van der Waals surface area contributed by atoms with Crippen molar-refractivity contribution in [2.45, 2.75) is 133 Å². The number of esters is 2. The molecular weight excluding hydrogens is 958 g/mol. The Morgan fingerprint density at radius 3 is 2.27 bits per heavy atom. The van der Waals surface area contributed by atoms with Crippen LogP contribution in [0.15, 0.2) is 103 Å². The molecule has 0 aliphatic carbocycles. The van der Waals surface area contributed by atoms with E-state index in [1.165, 1.54) is 0 Å². The van der Waals surface area contributed by atoms with E-state index in [1.807, 2.05) is 112 Å². The number of carbonyl (C=O) groups is 5. The molecule has 7 rings (SSSR count). The number of ether oxygens (including phenoxy) is 6. The average Bonchev–Trinajstić information content (AvgIpc) is 3.66. The Morgan fingerprint density at radius 2 is 1.59 bits per heavy atom. The van der Waals surface area contributed by atoms with E-state index in [0.717, 1.165) is 20.9 Å². The van der Waals surface area contributed by atoms with Crippen molar-refractivity contribution in [1.29, 1.82) is 0 Å². The number of fused-ring (bicyclic) bond motifs is 2. The van der Waals surface area contributed by atoms with Gasteiger partial charge < -0.3 is 0 Å². The Morgan fingerprint density at radius 1 is 0.914 bits per heavy atom. The minimum atomic E-state index is -1.78. The Kier molecular flexibility index (Phi) is 16.5. The quantitative estimate of drug-likeness (QED) is 0.0640. The molecular formula is C55H67N3O11Se. The van der Waals surface area contributed by atoms with Gasteiger partial charge in [-0.15, -0.1) is 0 Å². The first-order valence-electron chi connectivity index (χ1n) is 24.2. The maximum absolute atomic E-state index is 15.9. The van der Waals surface area contributed by atoms with Crippen molar-refractivity contribution in [3.05, 3.63) is 114 Å². The van der Waals surface area contributed by atoms with Gasteiger partial charge in [0.2, 0.25) is 0 Å². The van der Waals surface area contributed by atoms with E-state index in [1.54, 1.807) is 72.0 Å². The van der Waals surface area contributed by atoms with Crippen molar-refractivity contribution in [3.63, 3.8) is 0 Å². The molecule has 0 unspecified atom stereocenters. The van der Waals surface area contributed by atoms with Gasteiger partial charge >= 0.3 is 384 Å². The van der Waals surface area contributed by atoms with E-state index in [4.69, 9.17) is 28.4 Å². The second-order valence-corrected chi connectivity index (χ2v) is 22.9. The molecule has 0 spiro atoms. The maximum atomic E-state index is 15.9. The van der Waals surface area contributed by atoms with Crippen molar-refractivity contribution < 1.29 is 52.4 Å². The third-order valence-corrected chi connectivity index (χ3v) is 16.9. The summed E-state index contributed by atoms with van der Waals surface area (Å²) in [6.07, 6.45) is 0.602. The van der Waals surface area contributed by atoms with Crippen LogP contribution in [0.1, 0.15) is 90.6 Å². The molecule has 13 atom stereocenters. The van der Waals surface area contributed by atoms with Gasteiger partial charge in [-0.1, -0.05) is 24.3 Å². The number of nitrogens with one attached hydrogen (secondary N) is 1. The summed E-state index contributed by atoms with van der Waals surface area (Å²) in [5.74, 6) is -4.80. The second-order valence-electron chi connectivity index (χ2n) is 19.8. The molecule has 1 N–H and O–H groups in total. The number of benzene rings is 3. The Labute approximate surface area is 417 Å². The number of likely N-dealkylation sites (N-methyl/N-ethyl adjacent to an activating group) is 1. The monoisotopic (exact) mass is 1030 g/mol. The zero-order valence-electron chi connectivity index (χ0n) is 41.8. The van der Waals surface area contributed by atoms with Crippen LogP contribution in [-0.2, 0) is 42.8 Å². The molecule has 0 saturated carbocycles. The third-order valence-electron chi connectivity index (χ3n) is 14.2. The predicted octanol–water partition coefficient (Wildman–Crippen LogP) is 7.55. The van der Waals surface area contributed by atoms with Crippen molar-refractivity contribution >= 4 is 66.0 Å². The fraction of sp³-hybridized carbons (Fsp3) is 0.491. The van der Waals surface area contributed by atoms with Gasteiger partial charge in [-0.2, -0.15) is 0 Å². The Bertz CT molecular complexity index is 2540. The first-order valence-corrected chi connectivity index (χ1v) is 25.9. The van der Waals surface area contributed by atoms with Gasteiger partial charge in [0.25, 0.3) is 0 Å². The standard InChI is InChI=1S/C55H67N3O11Se/c1-11-43-54(7)46(57-52(63)69-54)35(4)44(59)33(2)31-53(6,64-28-20-21-37-30-39-24-18-19-27-41(39)56-32-37)48(36(5)47(60)55(8,51(62)66-43)70-40-25-16-13-17-26-40)68-50-45(42(58(9)10)29-34(3)65-50)67-49(61)38-22-14-12-15-23-38/h12-27,30,32-36,42-43,45-46,48,50H,11,28-29,31H2,1-10H3,(H,57,63)/b21-20+/t33-,34-,35-,36+,42+,43+,45-,46-,48-,50+,53+,54-,55+/m1/s1. The molecule has 14 nitrogen and oxygen atoms in total. The number of amides is 1. The molecule has 3 aromatic carbocycles. The summed E-state index contributed by atoms with van der Waals surface area (Å²) in [6.45, 7) is 14.0. The molecule has 4 heterocycles. The number of cyclic esters (lactones) is 1. The number of hydrogen-bond acceptors (Lipinski definition) is 13. The number of ketones is 2. The normalized spacial score (nSPS) is 33.3. The SMILES string of the molecule is CC[C@@H]1OC(=O)[C@@](C)([Se]c2ccccc2)C(=O)[C@H](C)[C@@H](O[C@@H]2O[C@H](C)C[C@H](N(C)C)[C@H]2OC(=O)c2ccccc2)[C@@](C)(OC/C=C/c2cnc3ccccc3c2)C[C@@H](C)C(=O)[C@@H](C)[C@H]2NC(=O)O[C@]12C. The molecule has 3 fully saturated rings. The molecule has 0 bridgehead atoms. The van der Waals surface area contributed by atoms with Crippen LogP contribution in [0, 0.1) is 17.8 Å². The zero-order valence-corrected chi connectivity index (χ0v) is 43.5. The van der Waals surface area contributed by atoms with Gasteiger partial charge in [-0.3, -0.25) is 0 Å². The van der Waals surface area contributed by atoms with Crippen molar-refractivity contribution in [1.82, 2.24) is 15.2 Å². The summed E-state index contributed by atoms with van der Waals surface area (Å²) < 4.78 is 38.6. The number of hydrogen-bond donors (Lipinski definition) is 1. The fourth-order valence-electron chi connectivity index (χ4n) is 10.4. The number of rotatable bonds is 12. The molecule has 0 radical (unpaired) electrons. The summed E-state index contributed by atoms with van der Waals surface area (Å²) in [7, 11) is 3.79.